The molecule has 4 rings (SSSR count). The quantitative estimate of drug-likeness (QED) is 0.532. The van der Waals surface area contributed by atoms with Gasteiger partial charge in [0.05, 0.1) is 25.5 Å². The van der Waals surface area contributed by atoms with E-state index in [9.17, 15) is 0 Å². The van der Waals surface area contributed by atoms with Gasteiger partial charge >= 0.3 is 0 Å². The standard InChI is InChI=1S/C20H17ClN4/c21-20-8-4-7-17(9-20)13-25-15-19(11-23-25)18-10-22-24(14-18)12-16-5-2-1-3-6-16/h1-11,14-15H,12-13H2. The molecule has 0 N–H and O–H groups in total. The monoisotopic (exact) mass is 348 g/mol. The summed E-state index contributed by atoms with van der Waals surface area (Å²) in [5, 5.41) is 9.64. The van der Waals surface area contributed by atoms with Gasteiger partial charge in [-0.15, -0.1) is 0 Å². The molecule has 0 aliphatic heterocycles. The predicted octanol–water partition coefficient (Wildman–Crippen LogP) is 4.50. The molecule has 2 heterocycles. The topological polar surface area (TPSA) is 35.6 Å². The van der Waals surface area contributed by atoms with Crippen LogP contribution in [0.3, 0.4) is 0 Å². The number of nitrogens with zero attached hydrogens (tertiary/aromatic N) is 4. The van der Waals surface area contributed by atoms with Crippen LogP contribution in [0.2, 0.25) is 5.02 Å². The molecule has 0 atom stereocenters. The van der Waals surface area contributed by atoms with E-state index >= 15 is 0 Å². The summed E-state index contributed by atoms with van der Waals surface area (Å²) in [4.78, 5) is 0. The Morgan fingerprint density at radius 3 is 1.96 bits per heavy atom. The molecule has 0 aliphatic carbocycles. The van der Waals surface area contributed by atoms with Gasteiger partial charge in [0.15, 0.2) is 0 Å². The zero-order valence-corrected chi connectivity index (χ0v) is 14.3. The lowest BCUT2D eigenvalue weighted by molar-refractivity contribution is 0.686. The molecule has 25 heavy (non-hydrogen) atoms. The molecule has 4 nitrogen and oxygen atoms in total. The third-order valence-electron chi connectivity index (χ3n) is 4.02. The van der Waals surface area contributed by atoms with Crippen molar-refractivity contribution in [2.45, 2.75) is 13.1 Å². The van der Waals surface area contributed by atoms with E-state index in [1.165, 1.54) is 5.56 Å². The lowest BCUT2D eigenvalue weighted by atomic mass is 10.2. The van der Waals surface area contributed by atoms with Crippen LogP contribution >= 0.6 is 11.6 Å². The summed E-state index contributed by atoms with van der Waals surface area (Å²) in [5.74, 6) is 0. The minimum Gasteiger partial charge on any atom is -0.268 e. The maximum atomic E-state index is 6.04. The van der Waals surface area contributed by atoms with Crippen LogP contribution in [0.5, 0.6) is 0 Å². The zero-order valence-electron chi connectivity index (χ0n) is 13.6. The first-order valence-electron chi connectivity index (χ1n) is 8.10. The van der Waals surface area contributed by atoms with E-state index in [0.717, 1.165) is 28.3 Å². The third kappa shape index (κ3) is 3.80. The van der Waals surface area contributed by atoms with Crippen molar-refractivity contribution < 1.29 is 0 Å². The summed E-state index contributed by atoms with van der Waals surface area (Å²) < 4.78 is 3.86. The fourth-order valence-electron chi connectivity index (χ4n) is 2.79. The van der Waals surface area contributed by atoms with E-state index < -0.39 is 0 Å². The molecule has 0 amide bonds. The SMILES string of the molecule is Clc1cccc(Cn2cc(-c3cnn(Cc4ccccc4)c3)cn2)c1. The first-order valence-corrected chi connectivity index (χ1v) is 8.48. The molecule has 5 heteroatoms. The Morgan fingerprint density at radius 2 is 1.32 bits per heavy atom. The summed E-state index contributed by atoms with van der Waals surface area (Å²) in [7, 11) is 0. The van der Waals surface area contributed by atoms with Crippen molar-refractivity contribution in [3.8, 4) is 11.1 Å². The van der Waals surface area contributed by atoms with Crippen LogP contribution < -0.4 is 0 Å². The lowest BCUT2D eigenvalue weighted by Gasteiger charge is -2.02. The first-order chi connectivity index (χ1) is 12.3. The molecule has 0 radical (unpaired) electrons. The highest BCUT2D eigenvalue weighted by atomic mass is 35.5. The van der Waals surface area contributed by atoms with Crippen molar-refractivity contribution in [3.63, 3.8) is 0 Å². The number of rotatable bonds is 5. The largest absolute Gasteiger partial charge is 0.268 e. The Bertz CT molecular complexity index is 972. The van der Waals surface area contributed by atoms with Crippen LogP contribution in [-0.4, -0.2) is 19.6 Å². The van der Waals surface area contributed by atoms with Crippen molar-refractivity contribution in [2.75, 3.05) is 0 Å². The van der Waals surface area contributed by atoms with Crippen molar-refractivity contribution in [3.05, 3.63) is 95.5 Å². The molecule has 0 aliphatic rings. The Labute approximate surface area is 151 Å². The van der Waals surface area contributed by atoms with Crippen LogP contribution in [0.25, 0.3) is 11.1 Å². The van der Waals surface area contributed by atoms with E-state index in [4.69, 9.17) is 11.6 Å². The van der Waals surface area contributed by atoms with Crippen molar-refractivity contribution >= 4 is 11.6 Å². The highest BCUT2D eigenvalue weighted by Crippen LogP contribution is 2.19. The van der Waals surface area contributed by atoms with Gasteiger partial charge in [0.2, 0.25) is 0 Å². The fraction of sp³-hybridized carbons (Fsp3) is 0.100. The van der Waals surface area contributed by atoms with E-state index in [2.05, 4.69) is 22.3 Å². The molecule has 0 unspecified atom stereocenters. The molecule has 2 aromatic heterocycles. The summed E-state index contributed by atoms with van der Waals surface area (Å²) in [6.45, 7) is 1.45. The van der Waals surface area contributed by atoms with Crippen molar-refractivity contribution in [1.29, 1.82) is 0 Å². The van der Waals surface area contributed by atoms with E-state index in [-0.39, 0.29) is 0 Å². The number of hydrogen-bond donors (Lipinski definition) is 0. The summed E-state index contributed by atoms with van der Waals surface area (Å²) in [6, 6.07) is 18.1. The van der Waals surface area contributed by atoms with E-state index in [1.54, 1.807) is 0 Å². The van der Waals surface area contributed by atoms with Crippen LogP contribution in [0.4, 0.5) is 0 Å². The van der Waals surface area contributed by atoms with Crippen molar-refractivity contribution in [1.82, 2.24) is 19.6 Å². The van der Waals surface area contributed by atoms with Crippen LogP contribution in [0.1, 0.15) is 11.1 Å². The maximum absolute atomic E-state index is 6.04. The van der Waals surface area contributed by atoms with Gasteiger partial charge < -0.3 is 0 Å². The second-order valence-corrected chi connectivity index (χ2v) is 6.41. The second-order valence-electron chi connectivity index (χ2n) is 5.97. The Hall–Kier alpha value is -2.85. The molecular weight excluding hydrogens is 332 g/mol. The third-order valence-corrected chi connectivity index (χ3v) is 4.26. The molecule has 4 aromatic rings. The Morgan fingerprint density at radius 1 is 0.720 bits per heavy atom. The molecule has 0 saturated carbocycles. The molecule has 0 bridgehead atoms. The van der Waals surface area contributed by atoms with Crippen LogP contribution in [0.15, 0.2) is 79.4 Å². The Balaban J connectivity index is 1.49. The molecule has 124 valence electrons. The summed E-state index contributed by atoms with van der Waals surface area (Å²) in [6.07, 6.45) is 7.83. The second kappa shape index (κ2) is 6.95. The average Bonchev–Trinajstić information content (AvgIpc) is 3.25. The van der Waals surface area contributed by atoms with E-state index in [0.29, 0.717) is 6.54 Å². The van der Waals surface area contributed by atoms with Gasteiger partial charge in [-0.1, -0.05) is 54.1 Å². The minimum absolute atomic E-state index is 0.693. The maximum Gasteiger partial charge on any atom is 0.0660 e. The van der Waals surface area contributed by atoms with Gasteiger partial charge in [-0.25, -0.2) is 0 Å². The smallest absolute Gasteiger partial charge is 0.0660 e. The molecule has 0 spiro atoms. The fourth-order valence-corrected chi connectivity index (χ4v) is 3.00. The van der Waals surface area contributed by atoms with Gasteiger partial charge in [-0.2, -0.15) is 10.2 Å². The van der Waals surface area contributed by atoms with Gasteiger partial charge in [0, 0.05) is 28.5 Å². The summed E-state index contributed by atoms with van der Waals surface area (Å²) in [5.41, 5.74) is 4.48. The normalized spacial score (nSPS) is 10.9. The molecular formula is C20H17ClN4. The molecule has 0 saturated heterocycles. The summed E-state index contributed by atoms with van der Waals surface area (Å²) >= 11 is 6.04. The number of halogens is 1. The lowest BCUT2D eigenvalue weighted by Crippen LogP contribution is -1.99. The van der Waals surface area contributed by atoms with Gasteiger partial charge in [0.25, 0.3) is 0 Å². The van der Waals surface area contributed by atoms with Crippen LogP contribution in [-0.2, 0) is 13.1 Å². The number of benzene rings is 2. The predicted molar refractivity (Wildman–Crippen MR) is 99.5 cm³/mol. The highest BCUT2D eigenvalue weighted by molar-refractivity contribution is 6.30. The van der Waals surface area contributed by atoms with Crippen LogP contribution in [0, 0.1) is 0 Å². The Kier molecular flexibility index (Phi) is 4.36. The highest BCUT2D eigenvalue weighted by Gasteiger charge is 2.06. The molecule has 2 aromatic carbocycles. The zero-order chi connectivity index (χ0) is 17.1. The van der Waals surface area contributed by atoms with Gasteiger partial charge in [0.1, 0.15) is 0 Å². The van der Waals surface area contributed by atoms with Gasteiger partial charge in [-0.05, 0) is 23.3 Å². The van der Waals surface area contributed by atoms with Gasteiger partial charge in [-0.3, -0.25) is 9.36 Å². The minimum atomic E-state index is 0.693. The first kappa shape index (κ1) is 15.7. The average molecular weight is 349 g/mol. The number of aromatic nitrogens is 4. The van der Waals surface area contributed by atoms with E-state index in [1.807, 2.05) is 76.6 Å². The molecule has 0 fully saturated rings. The van der Waals surface area contributed by atoms with Crippen molar-refractivity contribution in [2.24, 2.45) is 0 Å². The number of hydrogen-bond acceptors (Lipinski definition) is 2.